The molecule has 2 atom stereocenters. The monoisotopic (exact) mass is 790 g/mol. The van der Waals surface area contributed by atoms with Crippen molar-refractivity contribution in [2.75, 3.05) is 33.0 Å². The first-order chi connectivity index (χ1) is 26.4. The van der Waals surface area contributed by atoms with Gasteiger partial charge in [-0.15, -0.1) is 0 Å². The Morgan fingerprint density at radius 3 is 1.17 bits per heavy atom. The summed E-state index contributed by atoms with van der Waals surface area (Å²) in [5.74, 6) is -0.322. The van der Waals surface area contributed by atoms with Crippen molar-refractivity contribution >= 4 is 13.8 Å². The molecule has 0 spiro atoms. The van der Waals surface area contributed by atoms with Crippen molar-refractivity contribution in [2.24, 2.45) is 5.73 Å². The van der Waals surface area contributed by atoms with Gasteiger partial charge in [-0.3, -0.25) is 13.8 Å². The van der Waals surface area contributed by atoms with E-state index in [0.717, 1.165) is 32.1 Å². The van der Waals surface area contributed by atoms with Crippen LogP contribution in [0.3, 0.4) is 0 Å². The van der Waals surface area contributed by atoms with Crippen LogP contribution in [0.1, 0.15) is 245 Å². The van der Waals surface area contributed by atoms with E-state index in [0.29, 0.717) is 13.0 Å². The summed E-state index contributed by atoms with van der Waals surface area (Å²) in [5.41, 5.74) is 5.38. The third kappa shape index (κ3) is 42.6. The first kappa shape index (κ1) is 53.5. The summed E-state index contributed by atoms with van der Waals surface area (Å²) in [7, 11) is -4.27. The molecule has 0 aromatic heterocycles. The average Bonchev–Trinajstić information content (AvgIpc) is 3.16. The second-order valence-electron chi connectivity index (χ2n) is 16.0. The van der Waals surface area contributed by atoms with Crippen LogP contribution in [-0.2, 0) is 27.9 Å². The third-order valence-corrected chi connectivity index (χ3v) is 11.5. The van der Waals surface area contributed by atoms with Gasteiger partial charge in [0.2, 0.25) is 0 Å². The van der Waals surface area contributed by atoms with E-state index in [4.69, 9.17) is 24.3 Å². The van der Waals surface area contributed by atoms with Crippen LogP contribution < -0.4 is 5.73 Å². The number of carbonyl (C=O) groups is 1. The fourth-order valence-corrected chi connectivity index (χ4v) is 7.82. The molecule has 0 aromatic rings. The molecule has 0 aliphatic rings. The second-order valence-corrected chi connectivity index (χ2v) is 17.4. The van der Waals surface area contributed by atoms with Gasteiger partial charge in [0.1, 0.15) is 6.10 Å². The summed E-state index contributed by atoms with van der Waals surface area (Å²) in [5, 5.41) is 0. The number of unbranched alkanes of at least 4 members (excludes halogenated alkanes) is 33. The maximum absolute atomic E-state index is 12.6. The lowest BCUT2D eigenvalue weighted by Gasteiger charge is -2.20. The highest BCUT2D eigenvalue weighted by atomic mass is 31.2. The van der Waals surface area contributed by atoms with Crippen molar-refractivity contribution in [1.82, 2.24) is 0 Å². The molecule has 0 rings (SSSR count). The van der Waals surface area contributed by atoms with E-state index in [-0.39, 0.29) is 32.3 Å². The van der Waals surface area contributed by atoms with Gasteiger partial charge in [-0.25, -0.2) is 4.57 Å². The molecule has 9 heteroatoms. The fourth-order valence-electron chi connectivity index (χ4n) is 7.06. The molecule has 0 fully saturated rings. The molecule has 1 unspecified atom stereocenters. The predicted octanol–water partition coefficient (Wildman–Crippen LogP) is 14.1. The van der Waals surface area contributed by atoms with E-state index < -0.39 is 13.9 Å². The van der Waals surface area contributed by atoms with Crippen LogP contribution in [0.25, 0.3) is 0 Å². The fraction of sp³-hybridized carbons (Fsp3) is 0.978. The second kappa shape index (κ2) is 43.6. The van der Waals surface area contributed by atoms with Gasteiger partial charge in [0.25, 0.3) is 0 Å². The van der Waals surface area contributed by atoms with E-state index in [1.165, 1.54) is 193 Å². The quantitative estimate of drug-likeness (QED) is 0.0356. The van der Waals surface area contributed by atoms with Crippen LogP contribution >= 0.6 is 7.82 Å². The van der Waals surface area contributed by atoms with E-state index in [1.54, 1.807) is 0 Å². The molecule has 324 valence electrons. The van der Waals surface area contributed by atoms with Crippen molar-refractivity contribution < 1.29 is 32.8 Å². The Morgan fingerprint density at radius 1 is 0.481 bits per heavy atom. The van der Waals surface area contributed by atoms with Crippen molar-refractivity contribution in [2.45, 2.75) is 251 Å². The largest absolute Gasteiger partial charge is 0.472 e. The van der Waals surface area contributed by atoms with Gasteiger partial charge in [0.15, 0.2) is 0 Å². The maximum atomic E-state index is 12.6. The molecule has 8 nitrogen and oxygen atoms in total. The number of ether oxygens (including phenoxy) is 2. The molecule has 0 aromatic carbocycles. The number of rotatable bonds is 46. The molecule has 0 saturated heterocycles. The zero-order valence-corrected chi connectivity index (χ0v) is 36.9. The van der Waals surface area contributed by atoms with Crippen LogP contribution in [0.15, 0.2) is 0 Å². The van der Waals surface area contributed by atoms with Gasteiger partial charge < -0.3 is 20.1 Å². The van der Waals surface area contributed by atoms with Gasteiger partial charge in [-0.05, 0) is 12.8 Å². The third-order valence-electron chi connectivity index (χ3n) is 10.5. The summed E-state index contributed by atoms with van der Waals surface area (Å²) in [4.78, 5) is 22.5. The number of hydrogen-bond donors (Lipinski definition) is 2. The van der Waals surface area contributed by atoms with Gasteiger partial charge in [0.05, 0.1) is 19.8 Å². The zero-order valence-electron chi connectivity index (χ0n) is 36.0. The molecular formula is C45H92NO7P. The number of phosphoric acid groups is 1. The van der Waals surface area contributed by atoms with E-state index in [2.05, 4.69) is 13.8 Å². The van der Waals surface area contributed by atoms with Crippen LogP contribution in [0.4, 0.5) is 0 Å². The molecule has 54 heavy (non-hydrogen) atoms. The van der Waals surface area contributed by atoms with Crippen LogP contribution in [0.2, 0.25) is 0 Å². The van der Waals surface area contributed by atoms with Gasteiger partial charge in [-0.1, -0.05) is 226 Å². The topological polar surface area (TPSA) is 117 Å². The smallest absolute Gasteiger partial charge is 0.457 e. The Kier molecular flexibility index (Phi) is 43.2. The van der Waals surface area contributed by atoms with Gasteiger partial charge in [0, 0.05) is 19.6 Å². The van der Waals surface area contributed by atoms with Crippen LogP contribution in [0, 0.1) is 0 Å². The summed E-state index contributed by atoms with van der Waals surface area (Å²) in [6.45, 7) is 4.99. The Hall–Kier alpha value is -0.500. The van der Waals surface area contributed by atoms with Gasteiger partial charge >= 0.3 is 13.8 Å². The highest BCUT2D eigenvalue weighted by Crippen LogP contribution is 2.43. The summed E-state index contributed by atoms with van der Waals surface area (Å²) < 4.78 is 33.5. The van der Waals surface area contributed by atoms with Crippen molar-refractivity contribution in [3.63, 3.8) is 0 Å². The number of phosphoric ester groups is 1. The summed E-state index contributed by atoms with van der Waals surface area (Å²) in [6.07, 6.45) is 45.5. The number of hydrogen-bond acceptors (Lipinski definition) is 7. The lowest BCUT2D eigenvalue weighted by molar-refractivity contribution is -0.154. The number of nitrogens with two attached hydrogens (primary N) is 1. The van der Waals surface area contributed by atoms with E-state index >= 15 is 0 Å². The summed E-state index contributed by atoms with van der Waals surface area (Å²) >= 11 is 0. The minimum atomic E-state index is -4.27. The van der Waals surface area contributed by atoms with E-state index in [1.807, 2.05) is 0 Å². The van der Waals surface area contributed by atoms with Crippen molar-refractivity contribution in [3.8, 4) is 0 Å². The number of carbonyl (C=O) groups excluding carboxylic acids is 1. The van der Waals surface area contributed by atoms with Crippen LogP contribution in [-0.4, -0.2) is 49.9 Å². The molecule has 3 N–H and O–H groups in total. The molecule has 0 saturated carbocycles. The predicted molar refractivity (Wildman–Crippen MR) is 229 cm³/mol. The molecule has 0 amide bonds. The minimum Gasteiger partial charge on any atom is -0.457 e. The lowest BCUT2D eigenvalue weighted by atomic mass is 10.0. The lowest BCUT2D eigenvalue weighted by Crippen LogP contribution is -2.28. The Bertz CT molecular complexity index is 802. The molecule has 0 heterocycles. The van der Waals surface area contributed by atoms with E-state index in [9.17, 15) is 14.3 Å². The van der Waals surface area contributed by atoms with Crippen molar-refractivity contribution in [3.05, 3.63) is 0 Å². The average molecular weight is 790 g/mol. The highest BCUT2D eigenvalue weighted by molar-refractivity contribution is 7.47. The maximum Gasteiger partial charge on any atom is 0.472 e. The molecular weight excluding hydrogens is 697 g/mol. The van der Waals surface area contributed by atoms with Gasteiger partial charge in [-0.2, -0.15) is 0 Å². The Labute approximate surface area is 335 Å². The molecule has 0 aliphatic carbocycles. The zero-order chi connectivity index (χ0) is 39.5. The Morgan fingerprint density at radius 2 is 0.815 bits per heavy atom. The Balaban J connectivity index is 3.90. The summed E-state index contributed by atoms with van der Waals surface area (Å²) in [6, 6.07) is 0. The highest BCUT2D eigenvalue weighted by Gasteiger charge is 2.25. The SMILES string of the molecule is CCCCCCCCCCCCCCCCCCCCCCCC(=O)O[C@H](COCCCCCCCCCCCCCCCC)COP(=O)(O)OCCN. The standard InChI is InChI=1S/C45H92NO7P/c1-3-5-7-9-11-13-15-17-19-20-21-22-23-24-25-26-28-30-32-34-36-38-45(47)53-44(43-52-54(48,49)51-41-39-46)42-50-40-37-35-33-31-29-27-18-16-14-12-10-8-6-4-2/h44H,3-43,46H2,1-2H3,(H,48,49)/t44-/m1/s1. The normalized spacial score (nSPS) is 13.3. The van der Waals surface area contributed by atoms with Crippen LogP contribution in [0.5, 0.6) is 0 Å². The molecule has 0 aliphatic heterocycles. The minimum absolute atomic E-state index is 0.0899. The first-order valence-corrected chi connectivity index (χ1v) is 25.0. The first-order valence-electron chi connectivity index (χ1n) is 23.5. The molecule has 0 radical (unpaired) electrons. The molecule has 0 bridgehead atoms. The number of esters is 1. The van der Waals surface area contributed by atoms with Crippen molar-refractivity contribution in [1.29, 1.82) is 0 Å².